The Balaban J connectivity index is 1.41. The molecule has 0 bridgehead atoms. The number of halogens is 2. The maximum Gasteiger partial charge on any atom is 0.305 e. The largest absolute Gasteiger partial charge is 0.481 e. The molecule has 0 saturated heterocycles. The maximum absolute atomic E-state index is 12.5. The third kappa shape index (κ3) is 5.63. The van der Waals surface area contributed by atoms with Gasteiger partial charge in [-0.3, -0.25) is 14.3 Å². The number of benzene rings is 4. The first-order valence-corrected chi connectivity index (χ1v) is 14.9. The SMILES string of the molecule is C[C@@H](c1ccc(C(=O)NCCC(=O)O)cc1)n1nc(-c2cc(Cl)cc(Cl)c2)c2ccc(-c3cc4ccccc4s3)cc21. The Labute approximate surface area is 256 Å². The van der Waals surface area contributed by atoms with E-state index in [1.54, 1.807) is 29.5 Å². The van der Waals surface area contributed by atoms with Gasteiger partial charge in [-0.1, -0.05) is 59.6 Å². The molecule has 6 nitrogen and oxygen atoms in total. The molecular weight excluding hydrogens is 589 g/mol. The van der Waals surface area contributed by atoms with Crippen LogP contribution in [0.1, 0.15) is 35.3 Å². The number of hydrogen-bond donors (Lipinski definition) is 2. The van der Waals surface area contributed by atoms with E-state index in [1.165, 1.54) is 15.0 Å². The van der Waals surface area contributed by atoms with Crippen LogP contribution in [0.5, 0.6) is 0 Å². The number of carboxylic acid groups (broad SMARTS) is 1. The van der Waals surface area contributed by atoms with Crippen molar-refractivity contribution in [2.75, 3.05) is 6.54 Å². The van der Waals surface area contributed by atoms with Crippen LogP contribution in [0.3, 0.4) is 0 Å². The highest BCUT2D eigenvalue weighted by molar-refractivity contribution is 7.22. The fourth-order valence-electron chi connectivity index (χ4n) is 5.05. The summed E-state index contributed by atoms with van der Waals surface area (Å²) in [5, 5.41) is 19.8. The average Bonchev–Trinajstić information content (AvgIpc) is 3.58. The molecule has 6 aromatic rings. The molecule has 0 aliphatic heterocycles. The summed E-state index contributed by atoms with van der Waals surface area (Å²) < 4.78 is 3.23. The number of rotatable bonds is 8. The summed E-state index contributed by atoms with van der Waals surface area (Å²) in [5.41, 5.74) is 5.08. The molecule has 0 unspecified atom stereocenters. The maximum atomic E-state index is 12.5. The van der Waals surface area contributed by atoms with Gasteiger partial charge in [0.2, 0.25) is 0 Å². The quantitative estimate of drug-likeness (QED) is 0.180. The van der Waals surface area contributed by atoms with Crippen molar-refractivity contribution in [3.05, 3.63) is 112 Å². The third-order valence-corrected chi connectivity index (χ3v) is 8.80. The average molecular weight is 615 g/mol. The first kappa shape index (κ1) is 28.0. The lowest BCUT2D eigenvalue weighted by Crippen LogP contribution is -2.26. The number of carbonyl (C=O) groups excluding carboxylic acids is 1. The van der Waals surface area contributed by atoms with Crippen LogP contribution in [0.4, 0.5) is 0 Å². The van der Waals surface area contributed by atoms with Crippen molar-refractivity contribution < 1.29 is 14.7 Å². The fourth-order valence-corrected chi connectivity index (χ4v) is 6.64. The first-order chi connectivity index (χ1) is 20.3. The molecule has 210 valence electrons. The van der Waals surface area contributed by atoms with E-state index < -0.39 is 5.97 Å². The Morgan fingerprint density at radius 1 is 0.929 bits per heavy atom. The van der Waals surface area contributed by atoms with E-state index >= 15 is 0 Å². The number of amides is 1. The zero-order valence-electron chi connectivity index (χ0n) is 22.5. The molecule has 6 rings (SSSR count). The summed E-state index contributed by atoms with van der Waals surface area (Å²) in [6.07, 6.45) is -0.128. The van der Waals surface area contributed by atoms with Crippen LogP contribution in [0.2, 0.25) is 10.0 Å². The van der Waals surface area contributed by atoms with Gasteiger partial charge >= 0.3 is 5.97 Å². The highest BCUT2D eigenvalue weighted by Gasteiger charge is 2.20. The molecule has 1 amide bonds. The fraction of sp³-hybridized carbons (Fsp3) is 0.121. The Morgan fingerprint density at radius 3 is 2.38 bits per heavy atom. The van der Waals surface area contributed by atoms with E-state index in [2.05, 4.69) is 54.7 Å². The Kier molecular flexibility index (Phi) is 7.73. The minimum Gasteiger partial charge on any atom is -0.481 e. The lowest BCUT2D eigenvalue weighted by molar-refractivity contribution is -0.136. The summed E-state index contributed by atoms with van der Waals surface area (Å²) in [7, 11) is 0. The predicted octanol–water partition coefficient (Wildman–Crippen LogP) is 8.71. The normalized spacial score (nSPS) is 12.1. The molecule has 0 saturated carbocycles. The highest BCUT2D eigenvalue weighted by atomic mass is 35.5. The zero-order chi connectivity index (χ0) is 29.4. The van der Waals surface area contributed by atoms with E-state index in [1.807, 2.05) is 35.0 Å². The van der Waals surface area contributed by atoms with Gasteiger partial charge in [-0.2, -0.15) is 5.10 Å². The number of nitrogens with one attached hydrogen (secondary N) is 1. The van der Waals surface area contributed by atoms with E-state index in [4.69, 9.17) is 33.4 Å². The number of fused-ring (bicyclic) bond motifs is 2. The first-order valence-electron chi connectivity index (χ1n) is 13.3. The number of hydrogen-bond acceptors (Lipinski definition) is 4. The van der Waals surface area contributed by atoms with Crippen LogP contribution in [0.25, 0.3) is 42.7 Å². The van der Waals surface area contributed by atoms with Crippen molar-refractivity contribution in [1.82, 2.24) is 15.1 Å². The molecule has 0 aliphatic rings. The van der Waals surface area contributed by atoms with Crippen molar-refractivity contribution in [2.45, 2.75) is 19.4 Å². The second-order valence-corrected chi connectivity index (χ2v) is 12.0. The van der Waals surface area contributed by atoms with Gasteiger partial charge in [-0.15, -0.1) is 11.3 Å². The zero-order valence-corrected chi connectivity index (χ0v) is 24.8. The van der Waals surface area contributed by atoms with Crippen LogP contribution in [0, 0.1) is 0 Å². The van der Waals surface area contributed by atoms with Gasteiger partial charge < -0.3 is 10.4 Å². The molecule has 1 atom stereocenters. The van der Waals surface area contributed by atoms with Gasteiger partial charge in [0.05, 0.1) is 18.0 Å². The third-order valence-electron chi connectivity index (χ3n) is 7.20. The second-order valence-electron chi connectivity index (χ2n) is 10.0. The van der Waals surface area contributed by atoms with Crippen molar-refractivity contribution in [1.29, 1.82) is 0 Å². The molecule has 2 heterocycles. The molecule has 0 spiro atoms. The standard InChI is InChI=1S/C33H25Cl2N3O3S/c1-19(20-6-8-21(9-7-20)33(41)36-13-12-31(39)40)38-28-16-23(30-17-22-4-2-3-5-29(22)42-30)10-11-27(28)32(37-38)24-14-25(34)18-26(35)15-24/h2-11,14-19H,12-13H2,1H3,(H,36,41)(H,39,40)/t19-/m0/s1. The van der Waals surface area contributed by atoms with E-state index in [9.17, 15) is 9.59 Å². The highest BCUT2D eigenvalue weighted by Crippen LogP contribution is 2.39. The lowest BCUT2D eigenvalue weighted by atomic mass is 10.0. The smallest absolute Gasteiger partial charge is 0.305 e. The minimum atomic E-state index is -0.958. The predicted molar refractivity (Wildman–Crippen MR) is 171 cm³/mol. The summed E-state index contributed by atoms with van der Waals surface area (Å²) in [6.45, 7) is 2.14. The van der Waals surface area contributed by atoms with E-state index in [0.717, 1.165) is 33.3 Å². The molecule has 0 radical (unpaired) electrons. The number of aromatic nitrogens is 2. The topological polar surface area (TPSA) is 84.2 Å². The number of carboxylic acids is 1. The van der Waals surface area contributed by atoms with Gasteiger partial charge in [0.15, 0.2) is 0 Å². The summed E-state index contributed by atoms with van der Waals surface area (Å²) in [4.78, 5) is 24.4. The summed E-state index contributed by atoms with van der Waals surface area (Å²) >= 11 is 14.5. The molecule has 2 aromatic heterocycles. The van der Waals surface area contributed by atoms with Crippen LogP contribution >= 0.6 is 34.5 Å². The van der Waals surface area contributed by atoms with Gasteiger partial charge in [0, 0.05) is 42.7 Å². The summed E-state index contributed by atoms with van der Waals surface area (Å²) in [5.74, 6) is -1.27. The van der Waals surface area contributed by atoms with Crippen molar-refractivity contribution in [3.63, 3.8) is 0 Å². The van der Waals surface area contributed by atoms with E-state index in [0.29, 0.717) is 15.6 Å². The Hall–Kier alpha value is -4.17. The second kappa shape index (κ2) is 11.6. The van der Waals surface area contributed by atoms with Gasteiger partial charge in [-0.25, -0.2) is 0 Å². The Morgan fingerprint density at radius 2 is 1.67 bits per heavy atom. The molecule has 0 fully saturated rings. The molecule has 4 aromatic carbocycles. The monoisotopic (exact) mass is 613 g/mol. The number of thiophene rings is 1. The van der Waals surface area contributed by atoms with Crippen LogP contribution in [-0.4, -0.2) is 33.3 Å². The van der Waals surface area contributed by atoms with Crippen molar-refractivity contribution in [3.8, 4) is 21.7 Å². The number of aliphatic carboxylic acids is 1. The Bertz CT molecular complexity index is 1910. The van der Waals surface area contributed by atoms with Crippen molar-refractivity contribution >= 4 is 67.4 Å². The molecule has 0 aliphatic carbocycles. The van der Waals surface area contributed by atoms with Crippen LogP contribution in [0.15, 0.2) is 91.0 Å². The van der Waals surface area contributed by atoms with Crippen LogP contribution in [-0.2, 0) is 4.79 Å². The molecule has 2 N–H and O–H groups in total. The minimum absolute atomic E-state index is 0.0734. The van der Waals surface area contributed by atoms with Gasteiger partial charge in [0.25, 0.3) is 5.91 Å². The van der Waals surface area contributed by atoms with Gasteiger partial charge in [0.1, 0.15) is 5.69 Å². The van der Waals surface area contributed by atoms with Crippen molar-refractivity contribution in [2.24, 2.45) is 0 Å². The number of nitrogens with zero attached hydrogens (tertiary/aromatic N) is 2. The molecular formula is C33H25Cl2N3O3S. The lowest BCUT2D eigenvalue weighted by Gasteiger charge is -2.15. The summed E-state index contributed by atoms with van der Waals surface area (Å²) in [6, 6.07) is 29.5. The van der Waals surface area contributed by atoms with Crippen LogP contribution < -0.4 is 5.32 Å². The van der Waals surface area contributed by atoms with Gasteiger partial charge in [-0.05, 0) is 78.0 Å². The molecule has 42 heavy (non-hydrogen) atoms. The van der Waals surface area contributed by atoms with E-state index in [-0.39, 0.29) is 24.9 Å². The number of carbonyl (C=O) groups is 2. The molecule has 9 heteroatoms.